The van der Waals surface area contributed by atoms with Crippen LogP contribution < -0.4 is 0 Å². The van der Waals surface area contributed by atoms with E-state index in [1.807, 2.05) is 18.2 Å². The topological polar surface area (TPSA) is 77.9 Å². The number of benzene rings is 2. The van der Waals surface area contributed by atoms with Gasteiger partial charge < -0.3 is 10.0 Å². The maximum atomic E-state index is 12.9. The lowest BCUT2D eigenvalue weighted by molar-refractivity contribution is -0.136. The number of carbonyl (C=O) groups is 1. The summed E-state index contributed by atoms with van der Waals surface area (Å²) in [7, 11) is -3.60. The molecule has 0 saturated carbocycles. The number of sulfonamides is 1. The Morgan fingerprint density at radius 3 is 2.26 bits per heavy atom. The summed E-state index contributed by atoms with van der Waals surface area (Å²) >= 11 is 0. The van der Waals surface area contributed by atoms with Crippen molar-refractivity contribution in [3.63, 3.8) is 0 Å². The van der Waals surface area contributed by atoms with Crippen LogP contribution in [0.4, 0.5) is 0 Å². The van der Waals surface area contributed by atoms with Gasteiger partial charge in [0.15, 0.2) is 0 Å². The molecule has 0 aromatic heterocycles. The fourth-order valence-corrected chi connectivity index (χ4v) is 4.76. The van der Waals surface area contributed by atoms with Crippen LogP contribution in [0.15, 0.2) is 59.5 Å². The Morgan fingerprint density at radius 1 is 0.926 bits per heavy atom. The van der Waals surface area contributed by atoms with Crippen molar-refractivity contribution in [1.82, 2.24) is 9.21 Å². The molecule has 1 N–H and O–H groups in total. The molecule has 0 amide bonds. The fourth-order valence-electron chi connectivity index (χ4n) is 3.26. The van der Waals surface area contributed by atoms with Gasteiger partial charge in [-0.3, -0.25) is 4.79 Å². The summed E-state index contributed by atoms with van der Waals surface area (Å²) in [6.07, 6.45) is 0.765. The van der Waals surface area contributed by atoms with Crippen LogP contribution in [0.3, 0.4) is 0 Å². The van der Waals surface area contributed by atoms with Crippen molar-refractivity contribution >= 4 is 16.0 Å². The number of nitrogens with zero attached hydrogens (tertiary/aromatic N) is 2. The van der Waals surface area contributed by atoms with E-state index < -0.39 is 16.0 Å². The van der Waals surface area contributed by atoms with Crippen LogP contribution in [0, 0.1) is 0 Å². The van der Waals surface area contributed by atoms with Crippen molar-refractivity contribution in [3.8, 4) is 0 Å². The molecule has 0 aliphatic carbocycles. The summed E-state index contributed by atoms with van der Waals surface area (Å²) in [5, 5.41) is 8.91. The molecular weight excluding hydrogens is 364 g/mol. The number of hydrogen-bond donors (Lipinski definition) is 1. The summed E-state index contributed by atoms with van der Waals surface area (Å²) in [6, 6.07) is 16.5. The smallest absolute Gasteiger partial charge is 0.307 e. The zero-order chi connectivity index (χ0) is 19.3. The van der Waals surface area contributed by atoms with Gasteiger partial charge in [-0.2, -0.15) is 4.31 Å². The van der Waals surface area contributed by atoms with E-state index in [9.17, 15) is 13.2 Å². The molecule has 1 saturated heterocycles. The molecule has 0 unspecified atom stereocenters. The van der Waals surface area contributed by atoms with Gasteiger partial charge >= 0.3 is 5.97 Å². The molecule has 7 heteroatoms. The zero-order valence-corrected chi connectivity index (χ0v) is 15.9. The minimum atomic E-state index is -3.60. The van der Waals surface area contributed by atoms with Crippen molar-refractivity contribution in [1.29, 1.82) is 0 Å². The van der Waals surface area contributed by atoms with Crippen molar-refractivity contribution < 1.29 is 18.3 Å². The van der Waals surface area contributed by atoms with Gasteiger partial charge in [-0.25, -0.2) is 8.42 Å². The Bertz CT molecular complexity index is 876. The minimum absolute atomic E-state index is 0.166. The van der Waals surface area contributed by atoms with Crippen molar-refractivity contribution in [2.24, 2.45) is 0 Å². The second-order valence-electron chi connectivity index (χ2n) is 6.70. The Morgan fingerprint density at radius 2 is 1.59 bits per heavy atom. The fraction of sp³-hybridized carbons (Fsp3) is 0.350. The zero-order valence-electron chi connectivity index (χ0n) is 15.1. The quantitative estimate of drug-likeness (QED) is 0.783. The highest BCUT2D eigenvalue weighted by Gasteiger charge is 2.28. The molecule has 1 fully saturated rings. The number of aliphatic carboxylic acids is 1. The van der Waals surface area contributed by atoms with Gasteiger partial charge in [0.2, 0.25) is 10.0 Å². The number of piperazine rings is 1. The first-order chi connectivity index (χ1) is 12.9. The highest BCUT2D eigenvalue weighted by atomic mass is 32.2. The van der Waals surface area contributed by atoms with Crippen LogP contribution >= 0.6 is 0 Å². The predicted octanol–water partition coefficient (Wildman–Crippen LogP) is 1.86. The third-order valence-corrected chi connectivity index (χ3v) is 6.68. The first-order valence-corrected chi connectivity index (χ1v) is 10.5. The maximum Gasteiger partial charge on any atom is 0.307 e. The molecule has 0 radical (unpaired) electrons. The van der Waals surface area contributed by atoms with Crippen LogP contribution in [-0.2, 0) is 27.7 Å². The number of carboxylic acids is 1. The third kappa shape index (κ3) is 5.15. The van der Waals surface area contributed by atoms with E-state index in [-0.39, 0.29) is 11.3 Å². The van der Waals surface area contributed by atoms with Crippen molar-refractivity contribution in [2.75, 3.05) is 32.7 Å². The average molecular weight is 388 g/mol. The highest BCUT2D eigenvalue weighted by molar-refractivity contribution is 7.89. The first-order valence-electron chi connectivity index (χ1n) is 9.02. The Hall–Kier alpha value is -2.22. The van der Waals surface area contributed by atoms with E-state index >= 15 is 0 Å². The minimum Gasteiger partial charge on any atom is -0.481 e. The van der Waals surface area contributed by atoms with Crippen LogP contribution in [-0.4, -0.2) is 61.4 Å². The first kappa shape index (κ1) is 19.5. The van der Waals surface area contributed by atoms with Gasteiger partial charge in [0, 0.05) is 32.7 Å². The normalized spacial score (nSPS) is 16.3. The molecule has 27 heavy (non-hydrogen) atoms. The SMILES string of the molecule is O=C(O)Cc1cccc(S(=O)(=O)N2CCN(CCc3ccccc3)CC2)c1. The van der Waals surface area contributed by atoms with Gasteiger partial charge in [0.05, 0.1) is 11.3 Å². The van der Waals surface area contributed by atoms with E-state index in [1.54, 1.807) is 12.1 Å². The molecule has 0 spiro atoms. The van der Waals surface area contributed by atoms with Crippen LogP contribution in [0.1, 0.15) is 11.1 Å². The van der Waals surface area contributed by atoms with Crippen molar-refractivity contribution in [3.05, 3.63) is 65.7 Å². The molecule has 2 aromatic carbocycles. The molecule has 1 aliphatic rings. The molecule has 6 nitrogen and oxygen atoms in total. The van der Waals surface area contributed by atoms with Gasteiger partial charge in [-0.1, -0.05) is 42.5 Å². The third-order valence-electron chi connectivity index (χ3n) is 4.78. The average Bonchev–Trinajstić information content (AvgIpc) is 2.67. The lowest BCUT2D eigenvalue weighted by Crippen LogP contribution is -2.49. The summed E-state index contributed by atoms with van der Waals surface area (Å²) < 4.78 is 27.2. The summed E-state index contributed by atoms with van der Waals surface area (Å²) in [6.45, 7) is 3.19. The molecule has 3 rings (SSSR count). The lowest BCUT2D eigenvalue weighted by atomic mass is 10.1. The van der Waals surface area contributed by atoms with Crippen LogP contribution in [0.5, 0.6) is 0 Å². The van der Waals surface area contributed by atoms with Gasteiger partial charge in [0.1, 0.15) is 0 Å². The highest BCUT2D eigenvalue weighted by Crippen LogP contribution is 2.19. The number of hydrogen-bond acceptors (Lipinski definition) is 4. The summed E-state index contributed by atoms with van der Waals surface area (Å²) in [5.74, 6) is -0.975. The molecule has 0 bridgehead atoms. The van der Waals surface area contributed by atoms with E-state index in [1.165, 1.54) is 22.0 Å². The second-order valence-corrected chi connectivity index (χ2v) is 8.64. The van der Waals surface area contributed by atoms with Crippen LogP contribution in [0.25, 0.3) is 0 Å². The lowest BCUT2D eigenvalue weighted by Gasteiger charge is -2.34. The molecule has 0 atom stereocenters. The van der Waals surface area contributed by atoms with Crippen LogP contribution in [0.2, 0.25) is 0 Å². The Labute approximate surface area is 160 Å². The van der Waals surface area contributed by atoms with E-state index in [2.05, 4.69) is 17.0 Å². The van der Waals surface area contributed by atoms with Gasteiger partial charge in [-0.15, -0.1) is 0 Å². The summed E-state index contributed by atoms with van der Waals surface area (Å²) in [4.78, 5) is 13.3. The van der Waals surface area contributed by atoms with Crippen molar-refractivity contribution in [2.45, 2.75) is 17.7 Å². The molecule has 144 valence electrons. The van der Waals surface area contributed by atoms with Gasteiger partial charge in [-0.05, 0) is 29.7 Å². The van der Waals surface area contributed by atoms with E-state index in [4.69, 9.17) is 5.11 Å². The molecular formula is C20H24N2O4S. The largest absolute Gasteiger partial charge is 0.481 e. The predicted molar refractivity (Wildman–Crippen MR) is 103 cm³/mol. The molecule has 2 aromatic rings. The number of carboxylic acid groups (broad SMARTS) is 1. The van der Waals surface area contributed by atoms with E-state index in [0.717, 1.165) is 13.0 Å². The second kappa shape index (κ2) is 8.65. The maximum absolute atomic E-state index is 12.9. The van der Waals surface area contributed by atoms with E-state index in [0.29, 0.717) is 31.7 Å². The summed E-state index contributed by atoms with van der Waals surface area (Å²) in [5.41, 5.74) is 1.77. The standard InChI is InChI=1S/C20H24N2O4S/c23-20(24)16-18-7-4-8-19(15-18)27(25,26)22-13-11-21(12-14-22)10-9-17-5-2-1-3-6-17/h1-8,15H,9-14,16H2,(H,23,24). The Balaban J connectivity index is 1.59. The van der Waals surface area contributed by atoms with Gasteiger partial charge in [0.25, 0.3) is 0 Å². The Kier molecular flexibility index (Phi) is 6.26. The molecule has 1 heterocycles. The monoisotopic (exact) mass is 388 g/mol. The number of rotatable bonds is 7. The molecule has 1 aliphatic heterocycles.